The number of halogens is 6. The topological polar surface area (TPSA) is 91.7 Å². The van der Waals surface area contributed by atoms with Crippen LogP contribution in [0.3, 0.4) is 0 Å². The Kier molecular flexibility index (Phi) is 4.59. The number of carbonyl (C=O) groups excluding carboxylic acids is 2. The number of hydrogen-bond acceptors (Lipinski definition) is 4. The molecule has 1 rings (SSSR count). The summed E-state index contributed by atoms with van der Waals surface area (Å²) in [5.74, 6) is -13.2. The summed E-state index contributed by atoms with van der Waals surface area (Å²) in [5, 5.41) is 17.7. The summed E-state index contributed by atoms with van der Waals surface area (Å²) < 4.78 is 74.2. The second kappa shape index (κ2) is 5.61. The molecule has 2 unspecified atom stereocenters. The third-order valence-corrected chi connectivity index (χ3v) is 3.08. The predicted octanol–water partition coefficient (Wildman–Crippen LogP) is 2.17. The summed E-state index contributed by atoms with van der Waals surface area (Å²) in [7, 11) is 0. The van der Waals surface area contributed by atoms with Gasteiger partial charge in [0.25, 0.3) is 0 Å². The van der Waals surface area contributed by atoms with Crippen LogP contribution in [0.25, 0.3) is 0 Å². The first kappa shape index (κ1) is 18.0. The van der Waals surface area contributed by atoms with E-state index in [-0.39, 0.29) is 0 Å². The number of carboxylic acid groups (broad SMARTS) is 1. The highest BCUT2D eigenvalue weighted by atomic mass is 19.4. The zero-order chi connectivity index (χ0) is 17.5. The standard InChI is InChI=1S/C11H8F6O5/c12-10(13,14)7(19)4-1-3(9(21)22)2-5(6(4)18)8(20)11(15,16)17/h3-4,20H,1-2H2,(H,21,22). The normalized spacial score (nSPS) is 25.8. The second-order valence-electron chi connectivity index (χ2n) is 4.58. The molecular weight excluding hydrogens is 326 g/mol. The van der Waals surface area contributed by atoms with Crippen LogP contribution in [-0.2, 0) is 14.4 Å². The Morgan fingerprint density at radius 1 is 1.00 bits per heavy atom. The van der Waals surface area contributed by atoms with Gasteiger partial charge in [0.2, 0.25) is 11.5 Å². The van der Waals surface area contributed by atoms with E-state index in [0.717, 1.165) is 0 Å². The molecule has 1 aliphatic carbocycles. The summed E-state index contributed by atoms with van der Waals surface area (Å²) in [6, 6.07) is 0. The molecule has 0 aromatic rings. The van der Waals surface area contributed by atoms with Gasteiger partial charge in [0.15, 0.2) is 5.78 Å². The minimum absolute atomic E-state index is 1.08. The highest BCUT2D eigenvalue weighted by molar-refractivity contribution is 6.13. The fourth-order valence-corrected chi connectivity index (χ4v) is 2.03. The third-order valence-electron chi connectivity index (χ3n) is 3.08. The van der Waals surface area contributed by atoms with Crippen molar-refractivity contribution in [2.75, 3.05) is 0 Å². The van der Waals surface area contributed by atoms with Gasteiger partial charge >= 0.3 is 18.3 Å². The summed E-state index contributed by atoms with van der Waals surface area (Å²) in [6.45, 7) is 0. The SMILES string of the molecule is O=C(O)C1CC(=C(O)C(F)(F)F)C(=O)C(C(=O)C(F)(F)F)C1. The Hall–Kier alpha value is -2.07. The fourth-order valence-electron chi connectivity index (χ4n) is 2.03. The monoisotopic (exact) mass is 334 g/mol. The van der Waals surface area contributed by atoms with Crippen LogP contribution in [0.1, 0.15) is 12.8 Å². The lowest BCUT2D eigenvalue weighted by atomic mass is 9.75. The molecule has 22 heavy (non-hydrogen) atoms. The Bertz CT molecular complexity index is 544. The van der Waals surface area contributed by atoms with Crippen molar-refractivity contribution in [2.24, 2.45) is 11.8 Å². The van der Waals surface area contributed by atoms with Gasteiger partial charge in [-0.25, -0.2) is 0 Å². The molecule has 1 saturated carbocycles. The molecule has 5 nitrogen and oxygen atoms in total. The molecule has 0 aromatic carbocycles. The van der Waals surface area contributed by atoms with E-state index in [0.29, 0.717) is 0 Å². The van der Waals surface area contributed by atoms with Gasteiger partial charge in [-0.1, -0.05) is 0 Å². The first-order valence-electron chi connectivity index (χ1n) is 5.64. The Morgan fingerprint density at radius 2 is 1.50 bits per heavy atom. The van der Waals surface area contributed by atoms with Gasteiger partial charge in [0.05, 0.1) is 11.8 Å². The van der Waals surface area contributed by atoms with Crippen LogP contribution in [0.5, 0.6) is 0 Å². The molecule has 0 bridgehead atoms. The van der Waals surface area contributed by atoms with Crippen molar-refractivity contribution in [3.63, 3.8) is 0 Å². The van der Waals surface area contributed by atoms with Crippen molar-refractivity contribution in [1.29, 1.82) is 0 Å². The van der Waals surface area contributed by atoms with Gasteiger partial charge in [-0.2, -0.15) is 26.3 Å². The first-order chi connectivity index (χ1) is 9.76. The maximum absolute atomic E-state index is 12.4. The van der Waals surface area contributed by atoms with E-state index in [1.807, 2.05) is 0 Å². The number of allylic oxidation sites excluding steroid dienone is 2. The van der Waals surface area contributed by atoms with E-state index in [1.54, 1.807) is 0 Å². The van der Waals surface area contributed by atoms with Crippen LogP contribution in [-0.4, -0.2) is 40.1 Å². The van der Waals surface area contributed by atoms with Crippen molar-refractivity contribution in [3.8, 4) is 0 Å². The number of hydrogen-bond donors (Lipinski definition) is 2. The molecule has 0 amide bonds. The number of aliphatic carboxylic acids is 1. The van der Waals surface area contributed by atoms with Gasteiger partial charge in [0, 0.05) is 5.57 Å². The quantitative estimate of drug-likeness (QED) is 0.349. The molecule has 0 saturated heterocycles. The third kappa shape index (κ3) is 3.57. The number of carbonyl (C=O) groups is 3. The van der Waals surface area contributed by atoms with Crippen LogP contribution in [0.2, 0.25) is 0 Å². The molecule has 11 heteroatoms. The minimum atomic E-state index is -5.51. The minimum Gasteiger partial charge on any atom is -0.504 e. The number of Topliss-reactive ketones (excluding diaryl/α,β-unsaturated/α-hetero) is 2. The Balaban J connectivity index is 3.35. The molecular formula is C11H8F6O5. The number of aliphatic hydroxyl groups excluding tert-OH is 1. The van der Waals surface area contributed by atoms with E-state index in [2.05, 4.69) is 0 Å². The lowest BCUT2D eigenvalue weighted by molar-refractivity contribution is -0.178. The zero-order valence-electron chi connectivity index (χ0n) is 10.5. The van der Waals surface area contributed by atoms with Crippen LogP contribution < -0.4 is 0 Å². The average Bonchev–Trinajstić information content (AvgIpc) is 2.34. The van der Waals surface area contributed by atoms with E-state index in [9.17, 15) is 40.7 Å². The average molecular weight is 334 g/mol. The van der Waals surface area contributed by atoms with E-state index < -0.39 is 65.9 Å². The molecule has 0 aliphatic heterocycles. The second-order valence-corrected chi connectivity index (χ2v) is 4.58. The van der Waals surface area contributed by atoms with Crippen LogP contribution in [0.4, 0.5) is 26.3 Å². The maximum atomic E-state index is 12.4. The number of aliphatic hydroxyl groups is 1. The molecule has 0 radical (unpaired) electrons. The number of rotatable bonds is 2. The van der Waals surface area contributed by atoms with Crippen molar-refractivity contribution in [1.82, 2.24) is 0 Å². The number of alkyl halides is 6. The highest BCUT2D eigenvalue weighted by Gasteiger charge is 2.52. The smallest absolute Gasteiger partial charge is 0.450 e. The molecule has 1 aliphatic rings. The van der Waals surface area contributed by atoms with Gasteiger partial charge in [0.1, 0.15) is 0 Å². The van der Waals surface area contributed by atoms with Crippen molar-refractivity contribution in [2.45, 2.75) is 25.2 Å². The molecule has 0 spiro atoms. The summed E-state index contributed by atoms with van der Waals surface area (Å²) in [5.41, 5.74) is -1.53. The summed E-state index contributed by atoms with van der Waals surface area (Å²) >= 11 is 0. The van der Waals surface area contributed by atoms with Crippen LogP contribution in [0, 0.1) is 11.8 Å². The molecule has 2 atom stereocenters. The van der Waals surface area contributed by atoms with E-state index >= 15 is 0 Å². The Morgan fingerprint density at radius 3 is 1.86 bits per heavy atom. The number of ketones is 2. The molecule has 0 aromatic heterocycles. The van der Waals surface area contributed by atoms with E-state index in [4.69, 9.17) is 10.2 Å². The number of carboxylic acids is 1. The van der Waals surface area contributed by atoms with Crippen molar-refractivity contribution >= 4 is 17.5 Å². The maximum Gasteiger partial charge on any atom is 0.450 e. The highest BCUT2D eigenvalue weighted by Crippen LogP contribution is 2.38. The summed E-state index contributed by atoms with van der Waals surface area (Å²) in [4.78, 5) is 33.5. The predicted molar refractivity (Wildman–Crippen MR) is 55.6 cm³/mol. The van der Waals surface area contributed by atoms with Crippen molar-refractivity contribution in [3.05, 3.63) is 11.3 Å². The van der Waals surface area contributed by atoms with Crippen molar-refractivity contribution < 1.29 is 50.9 Å². The van der Waals surface area contributed by atoms with Gasteiger partial charge in [-0.3, -0.25) is 14.4 Å². The molecule has 124 valence electrons. The van der Waals surface area contributed by atoms with Gasteiger partial charge in [-0.15, -0.1) is 0 Å². The zero-order valence-corrected chi connectivity index (χ0v) is 10.5. The lowest BCUT2D eigenvalue weighted by Crippen LogP contribution is -2.42. The molecule has 0 heterocycles. The largest absolute Gasteiger partial charge is 0.504 e. The van der Waals surface area contributed by atoms with Gasteiger partial charge in [-0.05, 0) is 12.8 Å². The van der Waals surface area contributed by atoms with Crippen LogP contribution in [0.15, 0.2) is 11.3 Å². The lowest BCUT2D eigenvalue weighted by Gasteiger charge is -2.28. The Labute approximate surface area is 118 Å². The van der Waals surface area contributed by atoms with Crippen LogP contribution >= 0.6 is 0 Å². The summed E-state index contributed by atoms with van der Waals surface area (Å²) in [6.07, 6.45) is -13.2. The molecule has 1 fully saturated rings. The fraction of sp³-hybridized carbons (Fsp3) is 0.545. The molecule has 2 N–H and O–H groups in total. The van der Waals surface area contributed by atoms with Gasteiger partial charge < -0.3 is 10.2 Å². The first-order valence-corrected chi connectivity index (χ1v) is 5.64. The van der Waals surface area contributed by atoms with E-state index in [1.165, 1.54) is 0 Å².